The number of rotatable bonds is 8. The molecule has 104 valence electrons. The Kier molecular flexibility index (Phi) is 6.33. The minimum absolute atomic E-state index is 0.237. The summed E-state index contributed by atoms with van der Waals surface area (Å²) in [6.07, 6.45) is 4.84. The zero-order chi connectivity index (χ0) is 13.5. The Morgan fingerprint density at radius 1 is 1.53 bits per heavy atom. The van der Waals surface area contributed by atoms with Crippen molar-refractivity contribution in [1.29, 1.82) is 0 Å². The zero-order valence-corrected chi connectivity index (χ0v) is 13.3. The van der Waals surface area contributed by atoms with Crippen molar-refractivity contribution in [3.8, 4) is 9.88 Å². The van der Waals surface area contributed by atoms with E-state index in [2.05, 4.69) is 34.1 Å². The highest BCUT2D eigenvalue weighted by Gasteiger charge is 2.09. The van der Waals surface area contributed by atoms with E-state index in [4.69, 9.17) is 5.11 Å². The van der Waals surface area contributed by atoms with Crippen molar-refractivity contribution in [2.75, 3.05) is 18.6 Å². The first-order chi connectivity index (χ1) is 9.33. The van der Waals surface area contributed by atoms with Gasteiger partial charge in [-0.25, -0.2) is 4.98 Å². The molecule has 2 heterocycles. The van der Waals surface area contributed by atoms with Crippen LogP contribution in [0.4, 0.5) is 0 Å². The SMILES string of the molecule is CSCC(CCO)NCc1cnc(-c2cccs2)s1. The fourth-order valence-corrected chi connectivity index (χ4v) is 4.10. The summed E-state index contributed by atoms with van der Waals surface area (Å²) in [5, 5.41) is 15.7. The summed E-state index contributed by atoms with van der Waals surface area (Å²) in [6, 6.07) is 4.52. The van der Waals surface area contributed by atoms with Crippen molar-refractivity contribution in [3.05, 3.63) is 28.6 Å². The Balaban J connectivity index is 1.89. The smallest absolute Gasteiger partial charge is 0.133 e. The van der Waals surface area contributed by atoms with Crippen LogP contribution in [0.1, 0.15) is 11.3 Å². The number of aliphatic hydroxyl groups excluding tert-OH is 1. The second-order valence-corrected chi connectivity index (χ2v) is 7.13. The average molecular weight is 315 g/mol. The monoisotopic (exact) mass is 314 g/mol. The second kappa shape index (κ2) is 8.01. The van der Waals surface area contributed by atoms with Gasteiger partial charge in [-0.3, -0.25) is 0 Å². The molecule has 2 aromatic heterocycles. The molecule has 0 saturated carbocycles. The van der Waals surface area contributed by atoms with Gasteiger partial charge in [0.05, 0.1) is 4.88 Å². The van der Waals surface area contributed by atoms with Gasteiger partial charge in [0.25, 0.3) is 0 Å². The van der Waals surface area contributed by atoms with Gasteiger partial charge >= 0.3 is 0 Å². The summed E-state index contributed by atoms with van der Waals surface area (Å²) in [7, 11) is 0. The Bertz CT molecular complexity index is 464. The molecule has 0 aliphatic heterocycles. The highest BCUT2D eigenvalue weighted by molar-refractivity contribution is 7.98. The Morgan fingerprint density at radius 3 is 3.11 bits per heavy atom. The molecule has 0 aliphatic rings. The highest BCUT2D eigenvalue weighted by Crippen LogP contribution is 2.28. The van der Waals surface area contributed by atoms with Gasteiger partial charge in [-0.05, 0) is 24.1 Å². The molecule has 0 radical (unpaired) electrons. The van der Waals surface area contributed by atoms with Crippen molar-refractivity contribution < 1.29 is 5.11 Å². The van der Waals surface area contributed by atoms with E-state index in [1.54, 1.807) is 34.4 Å². The van der Waals surface area contributed by atoms with E-state index in [-0.39, 0.29) is 6.61 Å². The number of aromatic nitrogens is 1. The van der Waals surface area contributed by atoms with E-state index in [1.165, 1.54) is 9.75 Å². The highest BCUT2D eigenvalue weighted by atomic mass is 32.2. The third-order valence-corrected chi connectivity index (χ3v) is 5.47. The first-order valence-corrected chi connectivity index (χ1v) is 9.24. The number of thiophene rings is 1. The number of nitrogens with zero attached hydrogens (tertiary/aromatic N) is 1. The van der Waals surface area contributed by atoms with Gasteiger partial charge in [0.1, 0.15) is 5.01 Å². The van der Waals surface area contributed by atoms with Crippen LogP contribution in [0.2, 0.25) is 0 Å². The molecule has 6 heteroatoms. The molecule has 2 N–H and O–H groups in total. The van der Waals surface area contributed by atoms with Crippen molar-refractivity contribution in [3.63, 3.8) is 0 Å². The van der Waals surface area contributed by atoms with E-state index in [0.29, 0.717) is 6.04 Å². The van der Waals surface area contributed by atoms with Crippen LogP contribution in [0.15, 0.2) is 23.7 Å². The van der Waals surface area contributed by atoms with E-state index in [9.17, 15) is 0 Å². The standard InChI is InChI=1S/C13H18N2OS3/c1-17-9-10(4-5-16)14-7-11-8-15-13(19-11)12-3-2-6-18-12/h2-3,6,8,10,14,16H,4-5,7,9H2,1H3. The van der Waals surface area contributed by atoms with Crippen LogP contribution in [-0.4, -0.2) is 34.7 Å². The molecule has 0 bridgehead atoms. The fourth-order valence-electron chi connectivity index (χ4n) is 1.75. The van der Waals surface area contributed by atoms with Gasteiger partial charge in [-0.2, -0.15) is 11.8 Å². The number of hydrogen-bond acceptors (Lipinski definition) is 6. The normalized spacial score (nSPS) is 12.7. The second-order valence-electron chi connectivity index (χ2n) is 4.15. The van der Waals surface area contributed by atoms with Gasteiger partial charge in [-0.1, -0.05) is 6.07 Å². The summed E-state index contributed by atoms with van der Waals surface area (Å²) >= 11 is 5.26. The van der Waals surface area contributed by atoms with Crippen LogP contribution >= 0.6 is 34.4 Å². The summed E-state index contributed by atoms with van der Waals surface area (Å²) in [5.74, 6) is 1.02. The van der Waals surface area contributed by atoms with Gasteiger partial charge in [0.15, 0.2) is 0 Å². The molecule has 0 saturated heterocycles. The summed E-state index contributed by atoms with van der Waals surface area (Å²) in [6.45, 7) is 1.07. The number of thiazole rings is 1. The van der Waals surface area contributed by atoms with Crippen LogP contribution in [0.25, 0.3) is 9.88 Å². The van der Waals surface area contributed by atoms with E-state index < -0.39 is 0 Å². The van der Waals surface area contributed by atoms with Gasteiger partial charge in [-0.15, -0.1) is 22.7 Å². The maximum absolute atomic E-state index is 9.03. The third-order valence-electron chi connectivity index (χ3n) is 2.70. The van der Waals surface area contributed by atoms with Gasteiger partial charge in [0.2, 0.25) is 0 Å². The molecule has 2 rings (SSSR count). The Labute approximate surface area is 126 Å². The quantitative estimate of drug-likeness (QED) is 0.786. The van der Waals surface area contributed by atoms with Crippen molar-refractivity contribution >= 4 is 34.4 Å². The summed E-state index contributed by atoms with van der Waals surface area (Å²) in [5.41, 5.74) is 0. The number of nitrogens with one attached hydrogen (secondary N) is 1. The maximum atomic E-state index is 9.03. The topological polar surface area (TPSA) is 45.1 Å². The number of thioether (sulfide) groups is 1. The molecule has 0 amide bonds. The first kappa shape index (κ1) is 15.0. The molecule has 19 heavy (non-hydrogen) atoms. The summed E-state index contributed by atoms with van der Waals surface area (Å²) in [4.78, 5) is 6.93. The molecular formula is C13H18N2OS3. The molecule has 0 spiro atoms. The first-order valence-electron chi connectivity index (χ1n) is 6.15. The molecule has 0 aliphatic carbocycles. The van der Waals surface area contributed by atoms with E-state index in [1.807, 2.05) is 6.20 Å². The lowest BCUT2D eigenvalue weighted by molar-refractivity contribution is 0.270. The number of aliphatic hydroxyl groups is 1. The molecule has 1 unspecified atom stereocenters. The molecule has 0 aromatic carbocycles. The molecular weight excluding hydrogens is 296 g/mol. The average Bonchev–Trinajstić information content (AvgIpc) is 3.07. The van der Waals surface area contributed by atoms with Crippen LogP contribution in [-0.2, 0) is 6.54 Å². The Hall–Kier alpha value is -0.400. The van der Waals surface area contributed by atoms with Crippen LogP contribution < -0.4 is 5.32 Å². The molecule has 3 nitrogen and oxygen atoms in total. The molecule has 1 atom stereocenters. The largest absolute Gasteiger partial charge is 0.396 e. The van der Waals surface area contributed by atoms with Crippen molar-refractivity contribution in [2.45, 2.75) is 19.0 Å². The van der Waals surface area contributed by atoms with Gasteiger partial charge in [0, 0.05) is 36.0 Å². The van der Waals surface area contributed by atoms with E-state index in [0.717, 1.165) is 23.7 Å². The Morgan fingerprint density at radius 2 is 2.42 bits per heavy atom. The fraction of sp³-hybridized carbons (Fsp3) is 0.462. The minimum atomic E-state index is 0.237. The van der Waals surface area contributed by atoms with Crippen molar-refractivity contribution in [2.24, 2.45) is 0 Å². The van der Waals surface area contributed by atoms with Crippen LogP contribution in [0, 0.1) is 0 Å². The molecule has 0 fully saturated rings. The van der Waals surface area contributed by atoms with E-state index >= 15 is 0 Å². The lowest BCUT2D eigenvalue weighted by Crippen LogP contribution is -2.31. The molecule has 2 aromatic rings. The third kappa shape index (κ3) is 4.57. The minimum Gasteiger partial charge on any atom is -0.396 e. The predicted octanol–water partition coefficient (Wildman–Crippen LogP) is 3.08. The lowest BCUT2D eigenvalue weighted by Gasteiger charge is -2.15. The lowest BCUT2D eigenvalue weighted by atomic mass is 10.2. The zero-order valence-electron chi connectivity index (χ0n) is 10.8. The predicted molar refractivity (Wildman–Crippen MR) is 86.1 cm³/mol. The van der Waals surface area contributed by atoms with Gasteiger partial charge < -0.3 is 10.4 Å². The number of hydrogen-bond donors (Lipinski definition) is 2. The summed E-state index contributed by atoms with van der Waals surface area (Å²) < 4.78 is 0. The van der Waals surface area contributed by atoms with Crippen molar-refractivity contribution in [1.82, 2.24) is 10.3 Å². The van der Waals surface area contributed by atoms with Crippen LogP contribution in [0.5, 0.6) is 0 Å². The maximum Gasteiger partial charge on any atom is 0.133 e. The van der Waals surface area contributed by atoms with Crippen LogP contribution in [0.3, 0.4) is 0 Å².